The standard InChI is InChI=1S/C9H10.C8H7ClO2S/c1-3-9-6-4-8(2)5-7-9;1-2-7-3-5-8(6-4-7)12(9,10)11/h3-7H,1H2,2H3;2-6H,1H2. The molecule has 2 nitrogen and oxygen atoms in total. The van der Waals surface area contributed by atoms with Crippen LogP contribution in [0.25, 0.3) is 12.2 Å². The molecule has 0 radical (unpaired) electrons. The fraction of sp³-hybridized carbons (Fsp3) is 0.0588. The van der Waals surface area contributed by atoms with Crippen molar-refractivity contribution >= 4 is 31.9 Å². The molecule has 0 aromatic heterocycles. The van der Waals surface area contributed by atoms with E-state index in [2.05, 4.69) is 44.3 Å². The maximum Gasteiger partial charge on any atom is 0.261 e. The Labute approximate surface area is 130 Å². The quantitative estimate of drug-likeness (QED) is 0.754. The summed E-state index contributed by atoms with van der Waals surface area (Å²) in [6.07, 6.45) is 3.48. The average Bonchev–Trinajstić information content (AvgIpc) is 2.48. The molecule has 21 heavy (non-hydrogen) atoms. The summed E-state index contributed by atoms with van der Waals surface area (Å²) in [5.41, 5.74) is 3.33. The van der Waals surface area contributed by atoms with E-state index >= 15 is 0 Å². The smallest absolute Gasteiger partial charge is 0.207 e. The Bertz CT molecular complexity index is 699. The molecule has 0 aliphatic heterocycles. The van der Waals surface area contributed by atoms with Crippen molar-refractivity contribution in [1.82, 2.24) is 0 Å². The van der Waals surface area contributed by atoms with Crippen molar-refractivity contribution in [2.45, 2.75) is 11.8 Å². The Morgan fingerprint density at radius 1 is 0.857 bits per heavy atom. The van der Waals surface area contributed by atoms with E-state index in [0.29, 0.717) is 0 Å². The van der Waals surface area contributed by atoms with E-state index in [0.717, 1.165) is 5.56 Å². The van der Waals surface area contributed by atoms with E-state index in [1.165, 1.54) is 23.3 Å². The second kappa shape index (κ2) is 7.81. The monoisotopic (exact) mass is 320 g/mol. The third-order valence-electron chi connectivity index (χ3n) is 2.71. The fourth-order valence-electron chi connectivity index (χ4n) is 1.47. The lowest BCUT2D eigenvalue weighted by Crippen LogP contribution is -1.89. The van der Waals surface area contributed by atoms with Gasteiger partial charge in [-0.1, -0.05) is 67.3 Å². The normalized spacial score (nSPS) is 10.2. The van der Waals surface area contributed by atoms with Gasteiger partial charge in [0.05, 0.1) is 4.90 Å². The molecule has 0 fully saturated rings. The zero-order valence-corrected chi connectivity index (χ0v) is 13.4. The predicted octanol–water partition coefficient (Wildman–Crippen LogP) is 4.90. The third-order valence-corrected chi connectivity index (χ3v) is 4.08. The van der Waals surface area contributed by atoms with Gasteiger partial charge >= 0.3 is 0 Å². The zero-order chi connectivity index (χ0) is 15.9. The fourth-order valence-corrected chi connectivity index (χ4v) is 2.24. The summed E-state index contributed by atoms with van der Waals surface area (Å²) in [7, 11) is 1.51. The van der Waals surface area contributed by atoms with Gasteiger partial charge in [0.1, 0.15) is 0 Å². The van der Waals surface area contributed by atoms with Gasteiger partial charge in [0, 0.05) is 10.7 Å². The van der Waals surface area contributed by atoms with Crippen LogP contribution in [-0.4, -0.2) is 8.42 Å². The van der Waals surface area contributed by atoms with Gasteiger partial charge in [0.2, 0.25) is 0 Å². The van der Waals surface area contributed by atoms with Gasteiger partial charge in [-0.3, -0.25) is 0 Å². The summed E-state index contributed by atoms with van der Waals surface area (Å²) in [6.45, 7) is 9.28. The molecule has 0 atom stereocenters. The van der Waals surface area contributed by atoms with Crippen LogP contribution in [0.2, 0.25) is 0 Å². The van der Waals surface area contributed by atoms with Gasteiger partial charge in [-0.2, -0.15) is 0 Å². The molecular formula is C17H17ClO2S. The van der Waals surface area contributed by atoms with Crippen molar-refractivity contribution in [2.24, 2.45) is 0 Å². The molecule has 0 heterocycles. The van der Waals surface area contributed by atoms with Gasteiger partial charge in [-0.05, 0) is 30.2 Å². The van der Waals surface area contributed by atoms with Crippen molar-refractivity contribution in [1.29, 1.82) is 0 Å². The minimum atomic E-state index is -3.59. The van der Waals surface area contributed by atoms with Crippen LogP contribution in [0, 0.1) is 6.92 Å². The third kappa shape index (κ3) is 5.98. The minimum absolute atomic E-state index is 0.106. The number of hydrogen-bond donors (Lipinski definition) is 0. The first kappa shape index (κ1) is 17.2. The topological polar surface area (TPSA) is 34.1 Å². The van der Waals surface area contributed by atoms with Crippen LogP contribution in [-0.2, 0) is 9.05 Å². The molecule has 0 N–H and O–H groups in total. The maximum atomic E-state index is 10.8. The van der Waals surface area contributed by atoms with E-state index in [4.69, 9.17) is 10.7 Å². The van der Waals surface area contributed by atoms with Crippen molar-refractivity contribution < 1.29 is 8.42 Å². The molecule has 2 aromatic rings. The van der Waals surface area contributed by atoms with Crippen LogP contribution in [0.15, 0.2) is 66.6 Å². The summed E-state index contributed by atoms with van der Waals surface area (Å²) >= 11 is 0. The number of benzene rings is 2. The Balaban J connectivity index is 0.000000219. The van der Waals surface area contributed by atoms with E-state index in [9.17, 15) is 8.42 Å². The predicted molar refractivity (Wildman–Crippen MR) is 90.8 cm³/mol. The van der Waals surface area contributed by atoms with Crippen LogP contribution in [0.4, 0.5) is 0 Å². The summed E-state index contributed by atoms with van der Waals surface area (Å²) in [6, 6.07) is 14.4. The molecule has 2 aromatic carbocycles. The average molecular weight is 321 g/mol. The summed E-state index contributed by atoms with van der Waals surface area (Å²) < 4.78 is 21.5. The lowest BCUT2D eigenvalue weighted by Gasteiger charge is -1.95. The van der Waals surface area contributed by atoms with E-state index < -0.39 is 9.05 Å². The Kier molecular flexibility index (Phi) is 6.40. The maximum absolute atomic E-state index is 10.8. The first-order chi connectivity index (χ1) is 9.86. The Hall–Kier alpha value is -1.84. The van der Waals surface area contributed by atoms with Crippen molar-refractivity contribution in [3.63, 3.8) is 0 Å². The molecule has 0 saturated heterocycles. The van der Waals surface area contributed by atoms with E-state index in [1.807, 2.05) is 6.08 Å². The van der Waals surface area contributed by atoms with Gasteiger partial charge in [-0.25, -0.2) is 8.42 Å². The molecule has 0 bridgehead atoms. The largest absolute Gasteiger partial charge is 0.261 e. The van der Waals surface area contributed by atoms with Crippen LogP contribution >= 0.6 is 10.7 Å². The summed E-state index contributed by atoms with van der Waals surface area (Å²) in [5.74, 6) is 0. The van der Waals surface area contributed by atoms with Gasteiger partial charge in [-0.15, -0.1) is 0 Å². The van der Waals surface area contributed by atoms with E-state index in [-0.39, 0.29) is 4.90 Å². The van der Waals surface area contributed by atoms with Crippen molar-refractivity contribution in [3.05, 3.63) is 78.4 Å². The van der Waals surface area contributed by atoms with Crippen LogP contribution < -0.4 is 0 Å². The van der Waals surface area contributed by atoms with Crippen molar-refractivity contribution in [2.75, 3.05) is 0 Å². The summed E-state index contributed by atoms with van der Waals surface area (Å²) in [5, 5.41) is 0. The highest BCUT2D eigenvalue weighted by Gasteiger charge is 2.07. The Morgan fingerprint density at radius 3 is 1.57 bits per heavy atom. The number of aryl methyl sites for hydroxylation is 1. The van der Waals surface area contributed by atoms with Gasteiger partial charge in [0.25, 0.3) is 9.05 Å². The van der Waals surface area contributed by atoms with Gasteiger partial charge in [0.15, 0.2) is 0 Å². The Morgan fingerprint density at radius 2 is 1.24 bits per heavy atom. The van der Waals surface area contributed by atoms with Crippen molar-refractivity contribution in [3.8, 4) is 0 Å². The number of rotatable bonds is 3. The molecule has 0 aliphatic rings. The molecule has 0 aliphatic carbocycles. The molecule has 4 heteroatoms. The number of halogens is 1. The lowest BCUT2D eigenvalue weighted by molar-refractivity contribution is 0.609. The molecule has 0 unspecified atom stereocenters. The second-order valence-corrected chi connectivity index (χ2v) is 6.89. The summed E-state index contributed by atoms with van der Waals surface area (Å²) in [4.78, 5) is 0.106. The lowest BCUT2D eigenvalue weighted by atomic mass is 10.2. The van der Waals surface area contributed by atoms with E-state index in [1.54, 1.807) is 18.2 Å². The second-order valence-electron chi connectivity index (χ2n) is 4.33. The van der Waals surface area contributed by atoms with Crippen LogP contribution in [0.1, 0.15) is 16.7 Å². The highest BCUT2D eigenvalue weighted by Crippen LogP contribution is 2.15. The molecule has 110 valence electrons. The van der Waals surface area contributed by atoms with Crippen LogP contribution in [0.3, 0.4) is 0 Å². The molecule has 0 saturated carbocycles. The van der Waals surface area contributed by atoms with Crippen LogP contribution in [0.5, 0.6) is 0 Å². The highest BCUT2D eigenvalue weighted by molar-refractivity contribution is 8.13. The zero-order valence-electron chi connectivity index (χ0n) is 11.8. The molecule has 2 rings (SSSR count). The van der Waals surface area contributed by atoms with Gasteiger partial charge < -0.3 is 0 Å². The highest BCUT2D eigenvalue weighted by atomic mass is 35.7. The molecular weight excluding hydrogens is 304 g/mol. The SMILES string of the molecule is C=Cc1ccc(C)cc1.C=Cc1ccc(S(=O)(=O)Cl)cc1. The first-order valence-corrected chi connectivity index (χ1v) is 8.54. The molecule has 0 amide bonds. The number of hydrogen-bond acceptors (Lipinski definition) is 2. The molecule has 0 spiro atoms. The first-order valence-electron chi connectivity index (χ1n) is 6.23. The minimum Gasteiger partial charge on any atom is -0.207 e.